The molecule has 0 aliphatic carbocycles. The van der Waals surface area contributed by atoms with E-state index >= 15 is 0 Å². The van der Waals surface area contributed by atoms with Gasteiger partial charge < -0.3 is 23.5 Å². The Bertz CT molecular complexity index is 1590. The van der Waals surface area contributed by atoms with Gasteiger partial charge in [0.25, 0.3) is 5.91 Å². The summed E-state index contributed by atoms with van der Waals surface area (Å²) in [6.45, 7) is 6.53. The van der Waals surface area contributed by atoms with Crippen LogP contribution in [-0.4, -0.2) is 37.7 Å². The molecular formula is C31H28FNO6. The lowest BCUT2D eigenvalue weighted by Crippen LogP contribution is -2.31. The second-order valence-electron chi connectivity index (χ2n) is 9.05. The number of carbonyl (C=O) groups excluding carboxylic acids is 1. The molecule has 1 amide bonds. The topological polar surface area (TPSA) is 78.2 Å². The number of ether oxygens (including phenoxy) is 3. The fraction of sp³-hybridized carbons (Fsp3) is 0.226. The SMILES string of the molecule is C=CCOc1ccc(C2c3c(oc4ccc(F)cc4c3=O)C(=O)N2CCc2ccc(OC)cc2)cc1OCC. The van der Waals surface area contributed by atoms with Gasteiger partial charge in [-0.15, -0.1) is 0 Å². The number of nitrogens with zero attached hydrogens (tertiary/aromatic N) is 1. The molecule has 200 valence electrons. The number of hydrogen-bond acceptors (Lipinski definition) is 6. The maximum absolute atomic E-state index is 14.1. The Kier molecular flexibility index (Phi) is 7.36. The first kappa shape index (κ1) is 26.0. The van der Waals surface area contributed by atoms with Gasteiger partial charge in [-0.1, -0.05) is 30.9 Å². The highest BCUT2D eigenvalue weighted by Gasteiger charge is 2.42. The Morgan fingerprint density at radius 1 is 1.03 bits per heavy atom. The van der Waals surface area contributed by atoms with E-state index in [0.29, 0.717) is 43.2 Å². The maximum atomic E-state index is 14.1. The highest BCUT2D eigenvalue weighted by molar-refractivity contribution is 5.99. The highest BCUT2D eigenvalue weighted by atomic mass is 19.1. The summed E-state index contributed by atoms with van der Waals surface area (Å²) in [6, 6.07) is 15.8. The molecule has 0 radical (unpaired) electrons. The van der Waals surface area contributed by atoms with Crippen LogP contribution < -0.4 is 19.6 Å². The quantitative estimate of drug-likeness (QED) is 0.246. The van der Waals surface area contributed by atoms with Crippen LogP contribution in [0.5, 0.6) is 17.2 Å². The molecule has 0 fully saturated rings. The summed E-state index contributed by atoms with van der Waals surface area (Å²) in [5, 5.41) is 0.0829. The van der Waals surface area contributed by atoms with Crippen LogP contribution in [0.2, 0.25) is 0 Å². The minimum atomic E-state index is -0.762. The second kappa shape index (κ2) is 11.0. The van der Waals surface area contributed by atoms with Crippen LogP contribution in [0.1, 0.15) is 40.2 Å². The highest BCUT2D eigenvalue weighted by Crippen LogP contribution is 2.41. The van der Waals surface area contributed by atoms with Gasteiger partial charge in [0.05, 0.1) is 30.7 Å². The van der Waals surface area contributed by atoms with Gasteiger partial charge in [-0.25, -0.2) is 4.39 Å². The molecule has 2 heterocycles. The summed E-state index contributed by atoms with van der Waals surface area (Å²) >= 11 is 0. The first-order chi connectivity index (χ1) is 18.9. The van der Waals surface area contributed by atoms with Crippen LogP contribution >= 0.6 is 0 Å². The average molecular weight is 530 g/mol. The number of methoxy groups -OCH3 is 1. The molecule has 5 rings (SSSR count). The molecule has 1 unspecified atom stereocenters. The Morgan fingerprint density at radius 2 is 1.82 bits per heavy atom. The maximum Gasteiger partial charge on any atom is 0.290 e. The molecule has 8 heteroatoms. The van der Waals surface area contributed by atoms with E-state index in [0.717, 1.165) is 17.4 Å². The number of carbonyl (C=O) groups is 1. The Hall–Kier alpha value is -4.59. The number of fused-ring (bicyclic) bond motifs is 2. The summed E-state index contributed by atoms with van der Waals surface area (Å²) in [5.74, 6) is 0.721. The van der Waals surface area contributed by atoms with E-state index in [2.05, 4.69) is 6.58 Å². The van der Waals surface area contributed by atoms with Crippen molar-refractivity contribution in [3.8, 4) is 17.2 Å². The van der Waals surface area contributed by atoms with Crippen LogP contribution in [0, 0.1) is 5.82 Å². The minimum absolute atomic E-state index is 0.0382. The molecule has 1 aromatic heterocycles. The van der Waals surface area contributed by atoms with E-state index in [1.165, 1.54) is 12.1 Å². The van der Waals surface area contributed by atoms with Gasteiger partial charge in [0.15, 0.2) is 16.9 Å². The number of rotatable bonds is 10. The van der Waals surface area contributed by atoms with Crippen molar-refractivity contribution in [1.82, 2.24) is 4.90 Å². The van der Waals surface area contributed by atoms with E-state index in [1.54, 1.807) is 36.3 Å². The first-order valence-corrected chi connectivity index (χ1v) is 12.7. The fourth-order valence-corrected chi connectivity index (χ4v) is 4.84. The largest absolute Gasteiger partial charge is 0.497 e. The molecule has 7 nitrogen and oxygen atoms in total. The summed E-state index contributed by atoms with van der Waals surface area (Å²) in [6.07, 6.45) is 2.16. The van der Waals surface area contributed by atoms with Gasteiger partial charge in [-0.05, 0) is 66.9 Å². The molecule has 0 spiro atoms. The van der Waals surface area contributed by atoms with E-state index < -0.39 is 23.2 Å². The van der Waals surface area contributed by atoms with Crippen molar-refractivity contribution >= 4 is 16.9 Å². The van der Waals surface area contributed by atoms with Gasteiger partial charge in [0, 0.05) is 6.54 Å². The molecule has 1 aliphatic rings. The van der Waals surface area contributed by atoms with Gasteiger partial charge in [-0.3, -0.25) is 9.59 Å². The lowest BCUT2D eigenvalue weighted by molar-refractivity contribution is 0.0729. The Labute approximate surface area is 225 Å². The summed E-state index contributed by atoms with van der Waals surface area (Å²) in [5.41, 5.74) is 1.53. The predicted octanol–water partition coefficient (Wildman–Crippen LogP) is 5.69. The van der Waals surface area contributed by atoms with Crippen LogP contribution in [0.3, 0.4) is 0 Å². The molecule has 4 aromatic rings. The number of hydrogen-bond donors (Lipinski definition) is 0. The third-order valence-electron chi connectivity index (χ3n) is 6.67. The fourth-order valence-electron chi connectivity index (χ4n) is 4.84. The zero-order chi connectivity index (χ0) is 27.5. The van der Waals surface area contributed by atoms with Gasteiger partial charge in [-0.2, -0.15) is 0 Å². The molecule has 0 bridgehead atoms. The van der Waals surface area contributed by atoms with Crippen molar-refractivity contribution in [3.63, 3.8) is 0 Å². The monoisotopic (exact) mass is 529 g/mol. The molecular weight excluding hydrogens is 501 g/mol. The molecule has 3 aromatic carbocycles. The summed E-state index contributed by atoms with van der Waals surface area (Å²) in [7, 11) is 1.60. The van der Waals surface area contributed by atoms with Gasteiger partial charge >= 0.3 is 0 Å². The molecule has 0 saturated heterocycles. The molecule has 39 heavy (non-hydrogen) atoms. The molecule has 0 N–H and O–H groups in total. The Morgan fingerprint density at radius 3 is 2.54 bits per heavy atom. The molecule has 0 saturated carbocycles. The number of benzene rings is 3. The van der Waals surface area contributed by atoms with E-state index in [1.807, 2.05) is 31.2 Å². The average Bonchev–Trinajstić information content (AvgIpc) is 3.23. The zero-order valence-corrected chi connectivity index (χ0v) is 21.7. The Balaban J connectivity index is 1.61. The third kappa shape index (κ3) is 4.97. The van der Waals surface area contributed by atoms with Crippen molar-refractivity contribution in [1.29, 1.82) is 0 Å². The smallest absolute Gasteiger partial charge is 0.290 e. The van der Waals surface area contributed by atoms with E-state index in [-0.39, 0.29) is 22.3 Å². The predicted molar refractivity (Wildman–Crippen MR) is 145 cm³/mol. The molecule has 1 atom stereocenters. The standard InChI is InChI=1S/C31H28FNO6/c1-4-16-38-25-12-8-20(17-26(25)37-5-2)28-27-29(34)23-18-21(32)9-13-24(23)39-30(27)31(35)33(28)15-14-19-6-10-22(36-3)11-7-19/h4,6-13,17-18,28H,1,5,14-16H2,2-3H3. The van der Waals surface area contributed by atoms with Crippen molar-refractivity contribution in [2.24, 2.45) is 0 Å². The number of halogens is 1. The van der Waals surface area contributed by atoms with Crippen molar-refractivity contribution in [2.75, 3.05) is 26.9 Å². The second-order valence-corrected chi connectivity index (χ2v) is 9.05. The first-order valence-electron chi connectivity index (χ1n) is 12.7. The van der Waals surface area contributed by atoms with Crippen molar-refractivity contribution in [2.45, 2.75) is 19.4 Å². The summed E-state index contributed by atoms with van der Waals surface area (Å²) in [4.78, 5) is 29.1. The van der Waals surface area contributed by atoms with Gasteiger partial charge in [0.2, 0.25) is 5.76 Å². The number of amides is 1. The van der Waals surface area contributed by atoms with Crippen LogP contribution in [0.15, 0.2) is 82.5 Å². The third-order valence-corrected chi connectivity index (χ3v) is 6.67. The van der Waals surface area contributed by atoms with Crippen molar-refractivity contribution < 1.29 is 27.8 Å². The van der Waals surface area contributed by atoms with Crippen LogP contribution in [-0.2, 0) is 6.42 Å². The summed E-state index contributed by atoms with van der Waals surface area (Å²) < 4.78 is 36.8. The minimum Gasteiger partial charge on any atom is -0.497 e. The van der Waals surface area contributed by atoms with Gasteiger partial charge in [0.1, 0.15) is 23.8 Å². The molecule has 1 aliphatic heterocycles. The lowest BCUT2D eigenvalue weighted by atomic mass is 9.97. The lowest BCUT2D eigenvalue weighted by Gasteiger charge is -2.26. The van der Waals surface area contributed by atoms with E-state index in [4.69, 9.17) is 18.6 Å². The van der Waals surface area contributed by atoms with Crippen LogP contribution in [0.25, 0.3) is 11.0 Å². The van der Waals surface area contributed by atoms with Crippen LogP contribution in [0.4, 0.5) is 4.39 Å². The van der Waals surface area contributed by atoms with E-state index in [9.17, 15) is 14.0 Å². The zero-order valence-electron chi connectivity index (χ0n) is 21.7. The van der Waals surface area contributed by atoms with Crippen molar-refractivity contribution in [3.05, 3.63) is 112 Å². The normalized spacial score (nSPS) is 14.4.